The van der Waals surface area contributed by atoms with Crippen LogP contribution in [0.1, 0.15) is 35.0 Å². The summed E-state index contributed by atoms with van der Waals surface area (Å²) >= 11 is 5.41. The lowest BCUT2D eigenvalue weighted by Crippen LogP contribution is -2.20. The Morgan fingerprint density at radius 1 is 1.03 bits per heavy atom. The van der Waals surface area contributed by atoms with Gasteiger partial charge >= 0.3 is 6.18 Å². The van der Waals surface area contributed by atoms with E-state index >= 15 is 0 Å². The molecule has 1 aromatic heterocycles. The quantitative estimate of drug-likeness (QED) is 0.490. The Balaban J connectivity index is 1.73. The van der Waals surface area contributed by atoms with E-state index in [0.29, 0.717) is 16.4 Å². The van der Waals surface area contributed by atoms with Crippen LogP contribution in [0.4, 0.5) is 24.5 Å². The third-order valence-corrected chi connectivity index (χ3v) is 5.03. The number of hydrogen-bond donors (Lipinski definition) is 2. The lowest BCUT2D eigenvalue weighted by Gasteiger charge is -2.12. The topological polar surface area (TPSA) is 41.9 Å². The Bertz CT molecular complexity index is 1040. The molecule has 0 saturated heterocycles. The van der Waals surface area contributed by atoms with Crippen molar-refractivity contribution in [1.29, 1.82) is 0 Å². The van der Waals surface area contributed by atoms with Crippen LogP contribution >= 0.6 is 12.2 Å². The second kappa shape index (κ2) is 8.87. The van der Waals surface area contributed by atoms with Gasteiger partial charge < -0.3 is 10.6 Å². The fraction of sp³-hybridized carbons (Fsp3) is 0.273. The predicted molar refractivity (Wildman–Crippen MR) is 118 cm³/mol. The molecule has 0 radical (unpaired) electrons. The Hall–Kier alpha value is -2.87. The molecule has 0 aliphatic carbocycles. The van der Waals surface area contributed by atoms with E-state index < -0.39 is 11.7 Å². The molecule has 30 heavy (non-hydrogen) atoms. The number of aryl methyl sites for hydroxylation is 2. The zero-order chi connectivity index (χ0) is 21.9. The number of nitrogens with zero attached hydrogens (tertiary/aromatic N) is 2. The summed E-state index contributed by atoms with van der Waals surface area (Å²) in [6.07, 6.45) is -3.41. The van der Waals surface area contributed by atoms with Crippen LogP contribution in [0.5, 0.6) is 0 Å². The van der Waals surface area contributed by atoms with Crippen molar-refractivity contribution in [2.24, 2.45) is 0 Å². The summed E-state index contributed by atoms with van der Waals surface area (Å²) in [6.45, 7) is 6.01. The van der Waals surface area contributed by atoms with Crippen molar-refractivity contribution in [3.05, 3.63) is 76.6 Å². The molecule has 0 unspecified atom stereocenters. The first-order valence-electron chi connectivity index (χ1n) is 9.54. The first-order valence-corrected chi connectivity index (χ1v) is 9.95. The van der Waals surface area contributed by atoms with Crippen molar-refractivity contribution in [3.8, 4) is 0 Å². The van der Waals surface area contributed by atoms with Crippen LogP contribution in [0.15, 0.2) is 48.5 Å². The largest absolute Gasteiger partial charge is 0.416 e. The summed E-state index contributed by atoms with van der Waals surface area (Å²) in [5, 5.41) is 11.2. The fourth-order valence-corrected chi connectivity index (χ4v) is 3.37. The number of anilines is 2. The molecule has 0 atom stereocenters. The first-order chi connectivity index (χ1) is 14.2. The molecule has 2 N–H and O–H groups in total. The number of nitrogens with one attached hydrogen (secondary N) is 2. The van der Waals surface area contributed by atoms with Crippen LogP contribution in [-0.4, -0.2) is 14.9 Å². The van der Waals surface area contributed by atoms with E-state index in [1.807, 2.05) is 38.1 Å². The van der Waals surface area contributed by atoms with Crippen LogP contribution in [0.25, 0.3) is 0 Å². The van der Waals surface area contributed by atoms with E-state index in [2.05, 4.69) is 22.7 Å². The summed E-state index contributed by atoms with van der Waals surface area (Å²) in [7, 11) is 0. The monoisotopic (exact) mass is 432 g/mol. The lowest BCUT2D eigenvalue weighted by atomic mass is 10.1. The van der Waals surface area contributed by atoms with Crippen molar-refractivity contribution in [2.45, 2.75) is 39.9 Å². The molecule has 1 heterocycles. The zero-order valence-electron chi connectivity index (χ0n) is 17.0. The Labute approximate surface area is 179 Å². The number of aromatic nitrogens is 2. The fourth-order valence-electron chi connectivity index (χ4n) is 3.15. The minimum Gasteiger partial charge on any atom is -0.332 e. The molecule has 0 spiro atoms. The van der Waals surface area contributed by atoms with E-state index in [9.17, 15) is 13.2 Å². The van der Waals surface area contributed by atoms with Gasteiger partial charge in [-0.2, -0.15) is 18.3 Å². The maximum atomic E-state index is 13.0. The smallest absolute Gasteiger partial charge is 0.332 e. The summed E-state index contributed by atoms with van der Waals surface area (Å²) in [5.74, 6) is 0. The number of halogens is 3. The molecular weight excluding hydrogens is 409 g/mol. The Kier molecular flexibility index (Phi) is 6.45. The molecule has 2 aromatic carbocycles. The molecule has 3 aromatic rings. The predicted octanol–water partition coefficient (Wildman–Crippen LogP) is 5.94. The highest BCUT2D eigenvalue weighted by atomic mass is 32.1. The van der Waals surface area contributed by atoms with Crippen molar-refractivity contribution >= 4 is 28.7 Å². The molecule has 8 heteroatoms. The zero-order valence-corrected chi connectivity index (χ0v) is 17.8. The highest BCUT2D eigenvalue weighted by Crippen LogP contribution is 2.30. The van der Waals surface area contributed by atoms with E-state index in [0.717, 1.165) is 35.6 Å². The summed E-state index contributed by atoms with van der Waals surface area (Å²) in [4.78, 5) is 0. The average molecular weight is 433 g/mol. The van der Waals surface area contributed by atoms with E-state index in [4.69, 9.17) is 12.2 Å². The third kappa shape index (κ3) is 5.18. The summed E-state index contributed by atoms with van der Waals surface area (Å²) in [6, 6.07) is 13.3. The van der Waals surface area contributed by atoms with Gasteiger partial charge in [0.15, 0.2) is 5.11 Å². The molecule has 0 aliphatic heterocycles. The maximum Gasteiger partial charge on any atom is 0.416 e. The van der Waals surface area contributed by atoms with E-state index in [-0.39, 0.29) is 6.54 Å². The first kappa shape index (κ1) is 21.8. The van der Waals surface area contributed by atoms with E-state index in [1.54, 1.807) is 10.7 Å². The van der Waals surface area contributed by atoms with Crippen LogP contribution in [-0.2, 0) is 19.1 Å². The molecule has 0 amide bonds. The molecular formula is C22H23F3N4S. The molecule has 0 saturated carbocycles. The number of alkyl halides is 3. The molecule has 0 fully saturated rings. The Morgan fingerprint density at radius 3 is 2.37 bits per heavy atom. The van der Waals surface area contributed by atoms with Gasteiger partial charge in [-0.1, -0.05) is 31.2 Å². The molecule has 3 rings (SSSR count). The standard InChI is InChI=1S/C22H23F3N4S/c1-4-16-8-10-19(11-9-16)26-21(30)27-20-14(2)28-29(15(20)3)13-17-6-5-7-18(12-17)22(23,24)25/h5-12H,4,13H2,1-3H3,(H2,26,27,30). The minimum atomic E-state index is -4.37. The Morgan fingerprint density at radius 2 is 1.73 bits per heavy atom. The number of benzene rings is 2. The lowest BCUT2D eigenvalue weighted by molar-refractivity contribution is -0.137. The number of rotatable bonds is 5. The summed E-state index contributed by atoms with van der Waals surface area (Å²) in [5.41, 5.74) is 4.21. The van der Waals surface area contributed by atoms with Crippen molar-refractivity contribution < 1.29 is 13.2 Å². The molecule has 4 nitrogen and oxygen atoms in total. The van der Waals surface area contributed by atoms with Gasteiger partial charge in [0.25, 0.3) is 0 Å². The van der Waals surface area contributed by atoms with Gasteiger partial charge in [0.2, 0.25) is 0 Å². The minimum absolute atomic E-state index is 0.233. The van der Waals surface area contributed by atoms with Gasteiger partial charge in [0.1, 0.15) is 0 Å². The van der Waals surface area contributed by atoms with Crippen LogP contribution < -0.4 is 10.6 Å². The number of thiocarbonyl (C=S) groups is 1. The second-order valence-electron chi connectivity index (χ2n) is 7.03. The maximum absolute atomic E-state index is 13.0. The summed E-state index contributed by atoms with van der Waals surface area (Å²) < 4.78 is 40.6. The SMILES string of the molecule is CCc1ccc(NC(=S)Nc2c(C)nn(Cc3cccc(C(F)(F)F)c3)c2C)cc1. The van der Waals surface area contributed by atoms with Crippen LogP contribution in [0.3, 0.4) is 0 Å². The van der Waals surface area contributed by atoms with E-state index in [1.165, 1.54) is 11.6 Å². The molecule has 0 bridgehead atoms. The highest BCUT2D eigenvalue weighted by Gasteiger charge is 2.30. The second-order valence-corrected chi connectivity index (χ2v) is 7.44. The number of hydrogen-bond acceptors (Lipinski definition) is 2. The average Bonchev–Trinajstić information content (AvgIpc) is 2.95. The van der Waals surface area contributed by atoms with Gasteiger partial charge in [-0.3, -0.25) is 4.68 Å². The normalized spacial score (nSPS) is 11.4. The van der Waals surface area contributed by atoms with Crippen molar-refractivity contribution in [2.75, 3.05) is 10.6 Å². The van der Waals surface area contributed by atoms with Gasteiger partial charge in [0.05, 0.1) is 29.2 Å². The van der Waals surface area contributed by atoms with Crippen LogP contribution in [0.2, 0.25) is 0 Å². The van der Waals surface area contributed by atoms with Gasteiger partial charge in [-0.15, -0.1) is 0 Å². The molecule has 0 aliphatic rings. The van der Waals surface area contributed by atoms with Gasteiger partial charge in [-0.05, 0) is 67.9 Å². The third-order valence-electron chi connectivity index (χ3n) is 4.83. The van der Waals surface area contributed by atoms with Gasteiger partial charge in [-0.25, -0.2) is 0 Å². The van der Waals surface area contributed by atoms with Crippen molar-refractivity contribution in [1.82, 2.24) is 9.78 Å². The van der Waals surface area contributed by atoms with Crippen LogP contribution in [0, 0.1) is 13.8 Å². The highest BCUT2D eigenvalue weighted by molar-refractivity contribution is 7.80. The molecule has 158 valence electrons. The van der Waals surface area contributed by atoms with Gasteiger partial charge in [0, 0.05) is 5.69 Å². The van der Waals surface area contributed by atoms with Crippen molar-refractivity contribution in [3.63, 3.8) is 0 Å².